The summed E-state index contributed by atoms with van der Waals surface area (Å²) in [6.45, 7) is -0.00884. The molecule has 0 unspecified atom stereocenters. The number of alkyl halides is 4. The van der Waals surface area contributed by atoms with E-state index in [1.807, 2.05) is 12.1 Å². The predicted molar refractivity (Wildman–Crippen MR) is 162 cm³/mol. The smallest absolute Gasteiger partial charge is 0.481 e. The van der Waals surface area contributed by atoms with Gasteiger partial charge in [0.1, 0.15) is 5.75 Å². The normalized spacial score (nSPS) is 16.6. The van der Waals surface area contributed by atoms with Gasteiger partial charge in [-0.05, 0) is 72.4 Å². The first-order valence-corrected chi connectivity index (χ1v) is 14.5. The molecule has 1 aliphatic heterocycles. The molecule has 0 radical (unpaired) electrons. The Balaban J connectivity index is 0.00000480. The zero-order chi connectivity index (χ0) is 32.2. The van der Waals surface area contributed by atoms with Gasteiger partial charge in [-0.15, -0.1) is 8.78 Å². The molecule has 1 saturated carbocycles. The quantitative estimate of drug-likeness (QED) is 0.204. The monoisotopic (exact) mass is 645 g/mol. The number of carbonyl (C=O) groups is 3. The van der Waals surface area contributed by atoms with Gasteiger partial charge < -0.3 is 20.5 Å². The van der Waals surface area contributed by atoms with Crippen LogP contribution in [0.2, 0.25) is 0 Å². The molecule has 1 heterocycles. The van der Waals surface area contributed by atoms with Crippen molar-refractivity contribution in [2.45, 2.75) is 70.8 Å². The van der Waals surface area contributed by atoms with E-state index in [1.165, 1.54) is 23.5 Å². The number of carboxylic acid groups (broad SMARTS) is 1. The number of carbonyl (C=O) groups excluding carboxylic acids is 2. The number of amides is 3. The van der Waals surface area contributed by atoms with Crippen molar-refractivity contribution in [1.29, 1.82) is 0 Å². The molecule has 3 amide bonds. The molecule has 1 aliphatic carbocycles. The van der Waals surface area contributed by atoms with E-state index in [4.69, 9.17) is 5.11 Å². The van der Waals surface area contributed by atoms with Crippen molar-refractivity contribution in [2.75, 3.05) is 16.8 Å². The SMILES string of the molecule is C.O=C(O)CCNC(=O)c1ccc(CN(C(=O)Nc2ccc3c(c2)C(F)(F)OC(F)(F)O3)c2ccc(C3CCCCC3)cc2)cc1. The maximum absolute atomic E-state index is 14.3. The highest BCUT2D eigenvalue weighted by Crippen LogP contribution is 2.47. The number of nitrogens with one attached hydrogen (secondary N) is 2. The Hall–Kier alpha value is -4.65. The zero-order valence-corrected chi connectivity index (χ0v) is 24.0. The van der Waals surface area contributed by atoms with E-state index in [9.17, 15) is 31.9 Å². The summed E-state index contributed by atoms with van der Waals surface area (Å²) < 4.78 is 63.3. The molecule has 0 spiro atoms. The van der Waals surface area contributed by atoms with Gasteiger partial charge in [-0.2, -0.15) is 8.78 Å². The maximum atomic E-state index is 14.3. The first-order valence-electron chi connectivity index (χ1n) is 14.5. The predicted octanol–water partition coefficient (Wildman–Crippen LogP) is 7.82. The molecule has 9 nitrogen and oxygen atoms in total. The minimum atomic E-state index is -4.52. The fourth-order valence-electron chi connectivity index (χ4n) is 5.44. The molecule has 3 aromatic carbocycles. The summed E-state index contributed by atoms with van der Waals surface area (Å²) in [4.78, 5) is 38.1. The van der Waals surface area contributed by atoms with Gasteiger partial charge in [-0.25, -0.2) is 9.53 Å². The van der Waals surface area contributed by atoms with Crippen molar-refractivity contribution in [3.8, 4) is 5.75 Å². The van der Waals surface area contributed by atoms with E-state index in [-0.39, 0.29) is 32.6 Å². The van der Waals surface area contributed by atoms with E-state index in [1.54, 1.807) is 24.3 Å². The number of carboxylic acids is 1. The van der Waals surface area contributed by atoms with E-state index in [0.717, 1.165) is 49.4 Å². The number of fused-ring (bicyclic) bond motifs is 1. The highest BCUT2D eigenvalue weighted by Gasteiger charge is 2.54. The number of benzene rings is 3. The lowest BCUT2D eigenvalue weighted by molar-refractivity contribution is -0.461. The van der Waals surface area contributed by atoms with Gasteiger partial charge in [-0.1, -0.05) is 51.0 Å². The lowest BCUT2D eigenvalue weighted by Crippen LogP contribution is -2.41. The fourth-order valence-corrected chi connectivity index (χ4v) is 5.44. The summed E-state index contributed by atoms with van der Waals surface area (Å²) in [5.41, 5.74) is 1.52. The van der Waals surface area contributed by atoms with E-state index in [2.05, 4.69) is 20.1 Å². The van der Waals surface area contributed by atoms with Crippen molar-refractivity contribution in [3.63, 3.8) is 0 Å². The number of aliphatic carboxylic acids is 1. The van der Waals surface area contributed by atoms with Gasteiger partial charge in [0.25, 0.3) is 5.91 Å². The second-order valence-corrected chi connectivity index (χ2v) is 10.9. The molecular formula is C33H35F4N3O6. The number of hydrogen-bond acceptors (Lipinski definition) is 5. The molecule has 3 aromatic rings. The average Bonchev–Trinajstić information content (AvgIpc) is 3.00. The van der Waals surface area contributed by atoms with E-state index < -0.39 is 41.6 Å². The summed E-state index contributed by atoms with van der Waals surface area (Å²) in [6.07, 6.45) is -3.42. The third kappa shape index (κ3) is 8.33. The molecule has 0 saturated heterocycles. The van der Waals surface area contributed by atoms with Crippen LogP contribution in [0, 0.1) is 0 Å². The summed E-state index contributed by atoms with van der Waals surface area (Å²) in [7, 11) is 0. The van der Waals surface area contributed by atoms with Crippen molar-refractivity contribution < 1.29 is 46.5 Å². The highest BCUT2D eigenvalue weighted by molar-refractivity contribution is 6.02. The third-order valence-corrected chi connectivity index (χ3v) is 7.73. The molecule has 1 fully saturated rings. The minimum absolute atomic E-state index is 0. The molecule has 13 heteroatoms. The Bertz CT molecular complexity index is 1540. The number of rotatable bonds is 9. The van der Waals surface area contributed by atoms with Crippen LogP contribution < -0.4 is 20.3 Å². The van der Waals surface area contributed by atoms with Crippen LogP contribution in [0.5, 0.6) is 5.75 Å². The van der Waals surface area contributed by atoms with Crippen molar-refractivity contribution in [1.82, 2.24) is 5.32 Å². The Morgan fingerprint density at radius 1 is 0.913 bits per heavy atom. The Labute approximate surface area is 263 Å². The Kier molecular flexibility index (Phi) is 10.6. The molecule has 0 bridgehead atoms. The Morgan fingerprint density at radius 2 is 1.59 bits per heavy atom. The standard InChI is InChI=1S/C32H31F4N3O6.CH4/c33-31(34)26-18-24(12-15-27(26)44-32(35,36)45-31)38-30(43)39(25-13-10-22(11-14-25)21-4-2-1-3-5-21)19-20-6-8-23(9-7-20)29(42)37-17-16-28(40)41;/h6-15,18,21H,1-5,16-17,19H2,(H,37,42)(H,38,43)(H,40,41);1H4. The molecule has 3 N–H and O–H groups in total. The molecule has 46 heavy (non-hydrogen) atoms. The fraction of sp³-hybridized carbons (Fsp3) is 0.364. The van der Waals surface area contributed by atoms with Crippen molar-refractivity contribution >= 4 is 29.3 Å². The summed E-state index contributed by atoms with van der Waals surface area (Å²) in [5.74, 6) is -1.84. The van der Waals surface area contributed by atoms with Crippen LogP contribution in [0.25, 0.3) is 0 Å². The van der Waals surface area contributed by atoms with Gasteiger partial charge in [-0.3, -0.25) is 14.5 Å². The number of halogens is 4. The number of hydrogen-bond donors (Lipinski definition) is 3. The van der Waals surface area contributed by atoms with E-state index >= 15 is 0 Å². The number of urea groups is 1. The number of nitrogens with zero attached hydrogens (tertiary/aromatic N) is 1. The van der Waals surface area contributed by atoms with Gasteiger partial charge in [0.2, 0.25) is 0 Å². The van der Waals surface area contributed by atoms with Crippen LogP contribution >= 0.6 is 0 Å². The van der Waals surface area contributed by atoms with Crippen LogP contribution in [0.4, 0.5) is 33.7 Å². The maximum Gasteiger partial charge on any atom is 0.540 e. The zero-order valence-electron chi connectivity index (χ0n) is 24.0. The lowest BCUT2D eigenvalue weighted by atomic mass is 9.84. The van der Waals surface area contributed by atoms with Gasteiger partial charge in [0.15, 0.2) is 0 Å². The third-order valence-electron chi connectivity index (χ3n) is 7.73. The van der Waals surface area contributed by atoms with Crippen molar-refractivity contribution in [3.05, 3.63) is 89.0 Å². The van der Waals surface area contributed by atoms with Gasteiger partial charge in [0.05, 0.1) is 18.5 Å². The largest absolute Gasteiger partial charge is 0.540 e. The van der Waals surface area contributed by atoms with Crippen LogP contribution in [-0.2, 0) is 22.2 Å². The molecule has 2 aliphatic rings. The van der Waals surface area contributed by atoms with Crippen molar-refractivity contribution in [2.24, 2.45) is 0 Å². The van der Waals surface area contributed by atoms with Crippen LogP contribution in [-0.4, -0.2) is 35.9 Å². The first kappa shape index (κ1) is 34.2. The highest BCUT2D eigenvalue weighted by atomic mass is 19.3. The van der Waals surface area contributed by atoms with E-state index in [0.29, 0.717) is 22.7 Å². The summed E-state index contributed by atoms with van der Waals surface area (Å²) >= 11 is 0. The van der Waals surface area contributed by atoms with Gasteiger partial charge >= 0.3 is 24.4 Å². The van der Waals surface area contributed by atoms with Gasteiger partial charge in [0, 0.05) is 23.5 Å². The molecule has 5 rings (SSSR count). The Morgan fingerprint density at radius 3 is 2.24 bits per heavy atom. The molecular weight excluding hydrogens is 610 g/mol. The summed E-state index contributed by atoms with van der Waals surface area (Å²) in [6, 6.07) is 16.1. The number of anilines is 2. The number of ether oxygens (including phenoxy) is 2. The second kappa shape index (κ2) is 14.2. The van der Waals surface area contributed by atoms with Crippen LogP contribution in [0.15, 0.2) is 66.7 Å². The molecule has 0 aromatic heterocycles. The lowest BCUT2D eigenvalue weighted by Gasteiger charge is -2.31. The molecule has 0 atom stereocenters. The minimum Gasteiger partial charge on any atom is -0.481 e. The average molecular weight is 646 g/mol. The second-order valence-electron chi connectivity index (χ2n) is 10.9. The summed E-state index contributed by atoms with van der Waals surface area (Å²) in [5, 5.41) is 13.8. The topological polar surface area (TPSA) is 117 Å². The first-order chi connectivity index (χ1) is 21.4. The van der Waals surface area contributed by atoms with Crippen LogP contribution in [0.1, 0.15) is 78.9 Å². The molecule has 246 valence electrons. The van der Waals surface area contributed by atoms with Crippen LogP contribution in [0.3, 0.4) is 0 Å².